The van der Waals surface area contributed by atoms with Gasteiger partial charge in [-0.2, -0.15) is 0 Å². The van der Waals surface area contributed by atoms with Crippen LogP contribution in [0.4, 0.5) is 0 Å². The third-order valence-electron chi connectivity index (χ3n) is 3.06. The van der Waals surface area contributed by atoms with E-state index in [4.69, 9.17) is 11.6 Å². The molecule has 1 unspecified atom stereocenters. The molecule has 1 fully saturated rings. The molecule has 1 atom stereocenters. The highest BCUT2D eigenvalue weighted by molar-refractivity contribution is 8.00. The normalized spacial score (nSPS) is 18.6. The number of amides is 1. The van der Waals surface area contributed by atoms with Crippen LogP contribution in [0.15, 0.2) is 42.7 Å². The second-order valence-corrected chi connectivity index (χ2v) is 5.88. The lowest BCUT2D eigenvalue weighted by Crippen LogP contribution is -2.28. The number of carbonyl (C=O) groups is 1. The molecule has 0 radical (unpaired) electrons. The third kappa shape index (κ3) is 2.78. The molecule has 0 saturated carbocycles. The summed E-state index contributed by atoms with van der Waals surface area (Å²) in [6, 6.07) is 9.38. The number of thioether (sulfide) groups is 1. The average molecular weight is 306 g/mol. The zero-order valence-corrected chi connectivity index (χ0v) is 12.1. The van der Waals surface area contributed by atoms with Crippen molar-refractivity contribution in [3.05, 3.63) is 59.1 Å². The van der Waals surface area contributed by atoms with E-state index in [0.29, 0.717) is 17.5 Å². The summed E-state index contributed by atoms with van der Waals surface area (Å²) in [6.45, 7) is 0.514. The van der Waals surface area contributed by atoms with Crippen LogP contribution in [-0.2, 0) is 11.3 Å². The minimum Gasteiger partial charge on any atom is -0.320 e. The van der Waals surface area contributed by atoms with Gasteiger partial charge in [0, 0.05) is 18.0 Å². The number of rotatable bonds is 3. The zero-order valence-electron chi connectivity index (χ0n) is 10.6. The molecule has 0 spiro atoms. The summed E-state index contributed by atoms with van der Waals surface area (Å²) in [5.41, 5.74) is 1.87. The number of hydrogen-bond donors (Lipinski definition) is 0. The van der Waals surface area contributed by atoms with Crippen LogP contribution < -0.4 is 0 Å². The Morgan fingerprint density at radius 2 is 2.20 bits per heavy atom. The molecule has 20 heavy (non-hydrogen) atoms. The van der Waals surface area contributed by atoms with Gasteiger partial charge in [0.05, 0.1) is 18.0 Å². The summed E-state index contributed by atoms with van der Waals surface area (Å²) in [6.07, 6.45) is 3.46. The molecule has 3 rings (SSSR count). The summed E-state index contributed by atoms with van der Waals surface area (Å²) < 4.78 is 0. The van der Waals surface area contributed by atoms with Crippen LogP contribution in [0.25, 0.3) is 0 Å². The number of nitrogens with zero attached hydrogens (tertiary/aromatic N) is 3. The first-order chi connectivity index (χ1) is 9.74. The highest BCUT2D eigenvalue weighted by Crippen LogP contribution is 2.39. The molecular weight excluding hydrogens is 294 g/mol. The Bertz CT molecular complexity index is 606. The fourth-order valence-corrected chi connectivity index (χ4v) is 3.38. The van der Waals surface area contributed by atoms with Gasteiger partial charge >= 0.3 is 0 Å². The van der Waals surface area contributed by atoms with Crippen molar-refractivity contribution in [3.63, 3.8) is 0 Å². The van der Waals surface area contributed by atoms with Gasteiger partial charge in [-0.3, -0.25) is 9.78 Å². The zero-order chi connectivity index (χ0) is 13.9. The SMILES string of the molecule is O=C1CSC(c2ccc(Cl)nc2)N1Cc1ccccn1. The molecule has 0 N–H and O–H groups in total. The highest BCUT2D eigenvalue weighted by Gasteiger charge is 2.33. The number of hydrogen-bond acceptors (Lipinski definition) is 4. The predicted molar refractivity (Wildman–Crippen MR) is 79.2 cm³/mol. The molecule has 4 nitrogen and oxygen atoms in total. The van der Waals surface area contributed by atoms with Gasteiger partial charge in [0.2, 0.25) is 5.91 Å². The van der Waals surface area contributed by atoms with Gasteiger partial charge in [-0.25, -0.2) is 4.98 Å². The van der Waals surface area contributed by atoms with Crippen molar-refractivity contribution in [1.82, 2.24) is 14.9 Å². The fourth-order valence-electron chi connectivity index (χ4n) is 2.10. The summed E-state index contributed by atoms with van der Waals surface area (Å²) in [5.74, 6) is 0.612. The lowest BCUT2D eigenvalue weighted by Gasteiger charge is -2.23. The molecule has 1 saturated heterocycles. The Morgan fingerprint density at radius 1 is 1.30 bits per heavy atom. The average Bonchev–Trinajstić information content (AvgIpc) is 2.83. The minimum absolute atomic E-state index is 0.0192. The lowest BCUT2D eigenvalue weighted by molar-refractivity contribution is -0.128. The van der Waals surface area contributed by atoms with Crippen molar-refractivity contribution in [2.45, 2.75) is 11.9 Å². The maximum Gasteiger partial charge on any atom is 0.234 e. The molecule has 1 amide bonds. The molecule has 1 aliphatic rings. The van der Waals surface area contributed by atoms with E-state index >= 15 is 0 Å². The summed E-state index contributed by atoms with van der Waals surface area (Å²) in [7, 11) is 0. The van der Waals surface area contributed by atoms with E-state index < -0.39 is 0 Å². The van der Waals surface area contributed by atoms with Crippen molar-refractivity contribution in [2.24, 2.45) is 0 Å². The number of halogens is 1. The first kappa shape index (κ1) is 13.4. The molecule has 2 aromatic heterocycles. The molecule has 3 heterocycles. The van der Waals surface area contributed by atoms with Gasteiger partial charge in [-0.15, -0.1) is 11.8 Å². The first-order valence-corrected chi connectivity index (χ1v) is 7.59. The standard InChI is InChI=1S/C14H12ClN3OS/c15-12-5-4-10(7-17-12)14-18(13(19)9-20-14)8-11-3-1-2-6-16-11/h1-7,14H,8-9H2. The van der Waals surface area contributed by atoms with E-state index in [9.17, 15) is 4.79 Å². The van der Waals surface area contributed by atoms with Crippen LogP contribution in [0.3, 0.4) is 0 Å². The number of carbonyl (C=O) groups excluding carboxylic acids is 1. The summed E-state index contributed by atoms with van der Waals surface area (Å²) in [4.78, 5) is 22.3. The quantitative estimate of drug-likeness (QED) is 0.818. The van der Waals surface area contributed by atoms with Crippen molar-refractivity contribution in [3.8, 4) is 0 Å². The molecule has 1 aliphatic heterocycles. The Hall–Kier alpha value is -1.59. The molecule has 0 bridgehead atoms. The van der Waals surface area contributed by atoms with Crippen LogP contribution in [-0.4, -0.2) is 26.5 Å². The molecule has 102 valence electrons. The monoisotopic (exact) mass is 305 g/mol. The topological polar surface area (TPSA) is 46.1 Å². The minimum atomic E-state index is -0.0192. The molecule has 2 aromatic rings. The molecule has 0 aliphatic carbocycles. The molecule has 6 heteroatoms. The Labute approximate surface area is 126 Å². The maximum absolute atomic E-state index is 12.1. The highest BCUT2D eigenvalue weighted by atomic mass is 35.5. The Balaban J connectivity index is 1.83. The van der Waals surface area contributed by atoms with Crippen LogP contribution in [0, 0.1) is 0 Å². The number of pyridine rings is 2. The third-order valence-corrected chi connectivity index (χ3v) is 4.54. The van der Waals surface area contributed by atoms with E-state index in [2.05, 4.69) is 9.97 Å². The van der Waals surface area contributed by atoms with E-state index in [1.54, 1.807) is 30.2 Å². The smallest absolute Gasteiger partial charge is 0.234 e. The summed E-state index contributed by atoms with van der Waals surface area (Å²) >= 11 is 7.41. The maximum atomic E-state index is 12.1. The van der Waals surface area contributed by atoms with Gasteiger partial charge in [-0.1, -0.05) is 23.7 Å². The van der Waals surface area contributed by atoms with Gasteiger partial charge < -0.3 is 4.90 Å². The van der Waals surface area contributed by atoms with Crippen LogP contribution in [0.1, 0.15) is 16.6 Å². The molecule has 0 aromatic carbocycles. The van der Waals surface area contributed by atoms with E-state index in [1.165, 1.54) is 0 Å². The first-order valence-electron chi connectivity index (χ1n) is 6.16. The lowest BCUT2D eigenvalue weighted by atomic mass is 10.2. The largest absolute Gasteiger partial charge is 0.320 e. The van der Waals surface area contributed by atoms with Crippen molar-refractivity contribution in [2.75, 3.05) is 5.75 Å². The van der Waals surface area contributed by atoms with Gasteiger partial charge in [0.15, 0.2) is 0 Å². The van der Waals surface area contributed by atoms with Crippen LogP contribution >= 0.6 is 23.4 Å². The second-order valence-electron chi connectivity index (χ2n) is 4.42. The van der Waals surface area contributed by atoms with Gasteiger partial charge in [-0.05, 0) is 18.2 Å². The summed E-state index contributed by atoms with van der Waals surface area (Å²) in [5, 5.41) is 0.439. The van der Waals surface area contributed by atoms with Crippen LogP contribution in [0.2, 0.25) is 5.15 Å². The van der Waals surface area contributed by atoms with Gasteiger partial charge in [0.25, 0.3) is 0 Å². The van der Waals surface area contributed by atoms with Crippen molar-refractivity contribution in [1.29, 1.82) is 0 Å². The Kier molecular flexibility index (Phi) is 3.89. The van der Waals surface area contributed by atoms with Crippen molar-refractivity contribution >= 4 is 29.3 Å². The van der Waals surface area contributed by atoms with E-state index in [-0.39, 0.29) is 11.3 Å². The predicted octanol–water partition coefficient (Wildman–Crippen LogP) is 2.90. The van der Waals surface area contributed by atoms with Crippen LogP contribution in [0.5, 0.6) is 0 Å². The van der Waals surface area contributed by atoms with Gasteiger partial charge in [0.1, 0.15) is 10.5 Å². The molecular formula is C14H12ClN3OS. The van der Waals surface area contributed by atoms with E-state index in [0.717, 1.165) is 11.3 Å². The van der Waals surface area contributed by atoms with Crippen molar-refractivity contribution < 1.29 is 4.79 Å². The van der Waals surface area contributed by atoms with E-state index in [1.807, 2.05) is 29.2 Å². The second kappa shape index (κ2) is 5.81. The fraction of sp³-hybridized carbons (Fsp3) is 0.214. The Morgan fingerprint density at radius 3 is 2.90 bits per heavy atom. The number of aromatic nitrogens is 2.